The molecule has 1 rings (SSSR count). The van der Waals surface area contributed by atoms with Crippen molar-refractivity contribution in [2.45, 2.75) is 83.5 Å². The van der Waals surface area contributed by atoms with E-state index in [1.54, 1.807) is 0 Å². The monoisotopic (exact) mass is 452 g/mol. The molecule has 1 saturated heterocycles. The van der Waals surface area contributed by atoms with E-state index >= 15 is 0 Å². The van der Waals surface area contributed by atoms with E-state index in [-0.39, 0.29) is 45.4 Å². The highest BCUT2D eigenvalue weighted by Crippen LogP contribution is 2.26. The average Bonchev–Trinajstić information content (AvgIpc) is 3.19. The molecule has 0 unspecified atom stereocenters. The van der Waals surface area contributed by atoms with Crippen LogP contribution in [0.3, 0.4) is 0 Å². The molecule has 2 atom stereocenters. The normalized spacial score (nSPS) is 17.2. The van der Waals surface area contributed by atoms with Crippen molar-refractivity contribution in [2.24, 2.45) is 0 Å². The van der Waals surface area contributed by atoms with Gasteiger partial charge in [-0.3, -0.25) is 14.4 Å². The van der Waals surface area contributed by atoms with Gasteiger partial charge < -0.3 is 19.7 Å². The highest BCUT2D eigenvalue weighted by molar-refractivity contribution is 5.92. The second kappa shape index (κ2) is 13.2. The number of carbonyl (C=O) groups excluding carboxylic acids is 4. The lowest BCUT2D eigenvalue weighted by Gasteiger charge is -2.26. The zero-order valence-corrected chi connectivity index (χ0v) is 18.0. The maximum absolute atomic E-state index is 12.8. The number of ether oxygens (including phenoxy) is 2. The van der Waals surface area contributed by atoms with E-state index in [2.05, 4.69) is 5.32 Å². The number of nitrogens with zero attached hydrogens (tertiary/aromatic N) is 1. The lowest BCUT2D eigenvalue weighted by atomic mass is 10.1. The van der Waals surface area contributed by atoms with Gasteiger partial charge in [0.2, 0.25) is 5.91 Å². The topological polar surface area (TPSA) is 102 Å². The van der Waals surface area contributed by atoms with Gasteiger partial charge in [0.1, 0.15) is 12.1 Å². The molecule has 2 amide bonds. The number of unbranched alkanes of at least 4 members (excludes halogenated alkanes) is 2. The van der Waals surface area contributed by atoms with Crippen molar-refractivity contribution in [3.8, 4) is 0 Å². The van der Waals surface area contributed by atoms with Crippen LogP contribution in [0.5, 0.6) is 0 Å². The van der Waals surface area contributed by atoms with Gasteiger partial charge in [-0.1, -0.05) is 26.7 Å². The van der Waals surface area contributed by atoms with E-state index in [4.69, 9.17) is 9.47 Å². The van der Waals surface area contributed by atoms with Gasteiger partial charge in [-0.05, 0) is 32.1 Å². The Morgan fingerprint density at radius 3 is 2.26 bits per heavy atom. The van der Waals surface area contributed by atoms with Crippen LogP contribution in [0.4, 0.5) is 13.2 Å². The maximum Gasteiger partial charge on any atom is 0.471 e. The number of rotatable bonds is 12. The zero-order valence-electron chi connectivity index (χ0n) is 18.0. The molecule has 1 heterocycles. The Balaban J connectivity index is 2.77. The van der Waals surface area contributed by atoms with Crippen LogP contribution in [0.2, 0.25) is 0 Å². The number of alkyl halides is 3. The summed E-state index contributed by atoms with van der Waals surface area (Å²) >= 11 is 0. The first-order valence-corrected chi connectivity index (χ1v) is 10.6. The SMILES string of the molecule is CCCCOC(=O)CC[C@H](NC(=O)[C@@H]1CCCN1C(=O)C(F)(F)F)C(=O)OCCCC. The first-order valence-electron chi connectivity index (χ1n) is 10.6. The van der Waals surface area contributed by atoms with Crippen molar-refractivity contribution in [3.63, 3.8) is 0 Å². The third-order valence-corrected chi connectivity index (χ3v) is 4.80. The molecule has 178 valence electrons. The molecule has 0 aromatic heterocycles. The van der Waals surface area contributed by atoms with Crippen LogP contribution in [0.1, 0.15) is 65.2 Å². The summed E-state index contributed by atoms with van der Waals surface area (Å²) in [5.74, 6) is -4.31. The molecule has 0 aromatic carbocycles. The molecule has 31 heavy (non-hydrogen) atoms. The van der Waals surface area contributed by atoms with E-state index in [9.17, 15) is 32.3 Å². The number of nitrogens with one attached hydrogen (secondary N) is 1. The minimum atomic E-state index is -5.09. The molecule has 0 aromatic rings. The van der Waals surface area contributed by atoms with Gasteiger partial charge in [-0.15, -0.1) is 0 Å². The molecule has 8 nitrogen and oxygen atoms in total. The van der Waals surface area contributed by atoms with Gasteiger partial charge in [0.15, 0.2) is 0 Å². The Hall–Kier alpha value is -2.33. The minimum Gasteiger partial charge on any atom is -0.466 e. The summed E-state index contributed by atoms with van der Waals surface area (Å²) in [7, 11) is 0. The molecule has 1 aliphatic rings. The number of hydrogen-bond donors (Lipinski definition) is 1. The summed E-state index contributed by atoms with van der Waals surface area (Å²) in [6.07, 6.45) is -2.22. The molecule has 0 radical (unpaired) electrons. The van der Waals surface area contributed by atoms with E-state index in [1.807, 2.05) is 13.8 Å². The van der Waals surface area contributed by atoms with Crippen molar-refractivity contribution in [3.05, 3.63) is 0 Å². The van der Waals surface area contributed by atoms with Crippen molar-refractivity contribution in [1.29, 1.82) is 0 Å². The zero-order chi connectivity index (χ0) is 23.4. The molecular weight excluding hydrogens is 421 g/mol. The van der Waals surface area contributed by atoms with Gasteiger partial charge in [-0.2, -0.15) is 13.2 Å². The summed E-state index contributed by atoms with van der Waals surface area (Å²) in [4.78, 5) is 48.8. The van der Waals surface area contributed by atoms with Gasteiger partial charge in [0.25, 0.3) is 0 Å². The van der Waals surface area contributed by atoms with E-state index in [1.165, 1.54) is 0 Å². The highest BCUT2D eigenvalue weighted by Gasteiger charge is 2.48. The molecular formula is C20H31F3N2O6. The number of hydrogen-bond acceptors (Lipinski definition) is 6. The number of amides is 2. The predicted molar refractivity (Wildman–Crippen MR) is 104 cm³/mol. The summed E-state index contributed by atoms with van der Waals surface area (Å²) in [5, 5.41) is 2.36. The summed E-state index contributed by atoms with van der Waals surface area (Å²) in [5.41, 5.74) is 0. The van der Waals surface area contributed by atoms with Gasteiger partial charge in [-0.25, -0.2) is 4.79 Å². The molecule has 0 aliphatic carbocycles. The van der Waals surface area contributed by atoms with E-state index in [0.717, 1.165) is 12.8 Å². The largest absolute Gasteiger partial charge is 0.471 e. The molecule has 0 bridgehead atoms. The maximum atomic E-state index is 12.8. The number of carbonyl (C=O) groups is 4. The number of esters is 2. The molecule has 1 fully saturated rings. The lowest BCUT2D eigenvalue weighted by molar-refractivity contribution is -0.186. The summed E-state index contributed by atoms with van der Waals surface area (Å²) in [6, 6.07) is -2.57. The Bertz CT molecular complexity index is 627. The Morgan fingerprint density at radius 1 is 1.06 bits per heavy atom. The summed E-state index contributed by atoms with van der Waals surface area (Å²) < 4.78 is 48.5. The fourth-order valence-corrected chi connectivity index (χ4v) is 3.04. The predicted octanol–water partition coefficient (Wildman–Crippen LogP) is 2.49. The van der Waals surface area contributed by atoms with E-state index in [0.29, 0.717) is 17.7 Å². The van der Waals surface area contributed by atoms with Crippen LogP contribution in [-0.2, 0) is 28.7 Å². The second-order valence-electron chi connectivity index (χ2n) is 7.35. The number of halogens is 3. The van der Waals surface area contributed by atoms with Crippen LogP contribution in [0.25, 0.3) is 0 Å². The first kappa shape index (κ1) is 26.7. The van der Waals surface area contributed by atoms with Gasteiger partial charge >= 0.3 is 24.0 Å². The van der Waals surface area contributed by atoms with Crippen LogP contribution < -0.4 is 5.32 Å². The standard InChI is InChI=1S/C20H31F3N2O6/c1-3-5-12-30-16(26)10-9-14(18(28)31-13-6-4-2)24-17(27)15-8-7-11-25(15)19(29)20(21,22)23/h14-15H,3-13H2,1-2H3,(H,24,27)/t14-,15-/m0/s1. The van der Waals surface area contributed by atoms with Crippen molar-refractivity contribution in [1.82, 2.24) is 10.2 Å². The molecule has 11 heteroatoms. The molecule has 1 aliphatic heterocycles. The third-order valence-electron chi connectivity index (χ3n) is 4.80. The van der Waals surface area contributed by atoms with Gasteiger partial charge in [0.05, 0.1) is 13.2 Å². The van der Waals surface area contributed by atoms with Crippen LogP contribution in [-0.4, -0.2) is 66.7 Å². The highest BCUT2D eigenvalue weighted by atomic mass is 19.4. The third kappa shape index (κ3) is 9.14. The van der Waals surface area contributed by atoms with Crippen LogP contribution in [0.15, 0.2) is 0 Å². The quantitative estimate of drug-likeness (QED) is 0.361. The van der Waals surface area contributed by atoms with Crippen LogP contribution >= 0.6 is 0 Å². The summed E-state index contributed by atoms with van der Waals surface area (Å²) in [6.45, 7) is 3.98. The lowest BCUT2D eigenvalue weighted by Crippen LogP contribution is -2.53. The average molecular weight is 452 g/mol. The molecule has 0 saturated carbocycles. The second-order valence-corrected chi connectivity index (χ2v) is 7.35. The Morgan fingerprint density at radius 2 is 1.68 bits per heavy atom. The fourth-order valence-electron chi connectivity index (χ4n) is 3.04. The fraction of sp³-hybridized carbons (Fsp3) is 0.800. The Labute approximate surface area is 179 Å². The van der Waals surface area contributed by atoms with Crippen LogP contribution in [0, 0.1) is 0 Å². The smallest absolute Gasteiger partial charge is 0.466 e. The molecule has 1 N–H and O–H groups in total. The van der Waals surface area contributed by atoms with E-state index < -0.39 is 42.0 Å². The number of likely N-dealkylation sites (tertiary alicyclic amines) is 1. The van der Waals surface area contributed by atoms with Crippen molar-refractivity contribution < 1.29 is 41.8 Å². The Kier molecular flexibility index (Phi) is 11.3. The van der Waals surface area contributed by atoms with Gasteiger partial charge in [0, 0.05) is 13.0 Å². The minimum absolute atomic E-state index is 0.0459. The molecule has 0 spiro atoms. The van der Waals surface area contributed by atoms with Crippen molar-refractivity contribution in [2.75, 3.05) is 19.8 Å². The van der Waals surface area contributed by atoms with Crippen molar-refractivity contribution >= 4 is 23.8 Å². The first-order chi connectivity index (χ1) is 14.6.